The number of benzene rings is 1. The summed E-state index contributed by atoms with van der Waals surface area (Å²) in [7, 11) is 0. The molecule has 1 heterocycles. The summed E-state index contributed by atoms with van der Waals surface area (Å²) in [5.41, 5.74) is 4.50. The van der Waals surface area contributed by atoms with Crippen LogP contribution in [0.5, 0.6) is 5.75 Å². The average molecular weight is 452 g/mol. The number of hydrogen-bond acceptors (Lipinski definition) is 6. The molecule has 0 fully saturated rings. The fourth-order valence-electron chi connectivity index (χ4n) is 2.81. The van der Waals surface area contributed by atoms with Crippen molar-refractivity contribution in [2.45, 2.75) is 26.2 Å². The predicted octanol–water partition coefficient (Wildman–Crippen LogP) is 4.04. The van der Waals surface area contributed by atoms with Crippen molar-refractivity contribution in [2.75, 3.05) is 11.9 Å². The zero-order chi connectivity index (χ0) is 19.4. The zero-order valence-electron chi connectivity index (χ0n) is 14.5. The van der Waals surface area contributed by atoms with Crippen molar-refractivity contribution in [3.63, 3.8) is 0 Å². The Labute approximate surface area is 168 Å². The van der Waals surface area contributed by atoms with Crippen molar-refractivity contribution in [3.8, 4) is 5.75 Å². The summed E-state index contributed by atoms with van der Waals surface area (Å²) < 4.78 is 5.67. The summed E-state index contributed by atoms with van der Waals surface area (Å²) in [6.45, 7) is 2.03. The van der Waals surface area contributed by atoms with Crippen LogP contribution in [0, 0.1) is 0 Å². The highest BCUT2D eigenvalue weighted by Gasteiger charge is 2.28. The first-order valence-corrected chi connectivity index (χ1v) is 10.0. The molecule has 2 amide bonds. The molecule has 0 saturated heterocycles. The number of carbonyl (C=O) groups is 2. The Kier molecular flexibility index (Phi) is 6.12. The summed E-state index contributed by atoms with van der Waals surface area (Å²) in [6.07, 6.45) is 4.18. The molecule has 7 nitrogen and oxygen atoms in total. The molecule has 0 atom stereocenters. The third-order valence-electron chi connectivity index (χ3n) is 3.98. The van der Waals surface area contributed by atoms with Crippen molar-refractivity contribution in [1.29, 1.82) is 0 Å². The van der Waals surface area contributed by atoms with Gasteiger partial charge in [-0.2, -0.15) is 5.10 Å². The first-order chi connectivity index (χ1) is 13.0. The minimum Gasteiger partial charge on any atom is -0.507 e. The van der Waals surface area contributed by atoms with Crippen LogP contribution in [0.2, 0.25) is 0 Å². The predicted molar refractivity (Wildman–Crippen MR) is 108 cm³/mol. The van der Waals surface area contributed by atoms with E-state index in [0.717, 1.165) is 29.7 Å². The number of hydrazone groups is 1. The molecule has 3 rings (SSSR count). The molecule has 9 heteroatoms. The van der Waals surface area contributed by atoms with Crippen LogP contribution in [-0.4, -0.2) is 29.9 Å². The highest BCUT2D eigenvalue weighted by molar-refractivity contribution is 9.10. The van der Waals surface area contributed by atoms with E-state index in [-0.39, 0.29) is 12.4 Å². The van der Waals surface area contributed by atoms with Crippen LogP contribution in [0.3, 0.4) is 0 Å². The van der Waals surface area contributed by atoms with Crippen LogP contribution in [0.1, 0.15) is 39.7 Å². The topological polar surface area (TPSA) is 100 Å². The Hall–Kier alpha value is -2.39. The SMILES string of the molecule is CCOC(=O)c1c(NC(=O)NN=Cc2ccc(O)c(Br)c2)sc2c1CCC2. The van der Waals surface area contributed by atoms with Crippen LogP contribution < -0.4 is 10.7 Å². The van der Waals surface area contributed by atoms with E-state index >= 15 is 0 Å². The number of ether oxygens (including phenoxy) is 1. The minimum atomic E-state index is -0.547. The lowest BCUT2D eigenvalue weighted by molar-refractivity contribution is 0.0527. The molecule has 1 aliphatic carbocycles. The standard InChI is InChI=1S/C18H18BrN3O4S/c1-2-26-17(24)15-11-4-3-5-14(11)27-16(15)21-18(25)22-20-9-10-6-7-13(23)12(19)8-10/h6-9,23H,2-5H2,1H3,(H2,21,22,25). The van der Waals surface area contributed by atoms with Gasteiger partial charge in [-0.05, 0) is 71.4 Å². The summed E-state index contributed by atoms with van der Waals surface area (Å²) in [4.78, 5) is 25.6. The number of esters is 1. The second-order valence-electron chi connectivity index (χ2n) is 5.82. The number of phenolic OH excluding ortho intramolecular Hbond substituents is 1. The monoisotopic (exact) mass is 451 g/mol. The molecule has 0 saturated carbocycles. The maximum Gasteiger partial charge on any atom is 0.341 e. The zero-order valence-corrected chi connectivity index (χ0v) is 16.9. The third kappa shape index (κ3) is 4.48. The van der Waals surface area contributed by atoms with E-state index in [4.69, 9.17) is 4.74 Å². The number of anilines is 1. The van der Waals surface area contributed by atoms with Gasteiger partial charge >= 0.3 is 12.0 Å². The molecule has 1 aliphatic rings. The summed E-state index contributed by atoms with van der Waals surface area (Å²) in [5.74, 6) is -0.292. The molecule has 27 heavy (non-hydrogen) atoms. The lowest BCUT2D eigenvalue weighted by atomic mass is 10.1. The number of halogens is 1. The summed E-state index contributed by atoms with van der Waals surface area (Å²) in [5, 5.41) is 16.5. The number of aryl methyl sites for hydroxylation is 1. The van der Waals surface area contributed by atoms with Gasteiger partial charge in [0.2, 0.25) is 0 Å². The number of nitrogens with one attached hydrogen (secondary N) is 2. The molecule has 3 N–H and O–H groups in total. The lowest BCUT2D eigenvalue weighted by Crippen LogP contribution is -2.25. The van der Waals surface area contributed by atoms with Crippen LogP contribution >= 0.6 is 27.3 Å². The maximum atomic E-state index is 12.3. The van der Waals surface area contributed by atoms with E-state index in [1.165, 1.54) is 23.6 Å². The summed E-state index contributed by atoms with van der Waals surface area (Å²) >= 11 is 4.62. The van der Waals surface area contributed by atoms with Crippen molar-refractivity contribution in [2.24, 2.45) is 5.10 Å². The van der Waals surface area contributed by atoms with Gasteiger partial charge in [-0.3, -0.25) is 5.32 Å². The normalized spacial score (nSPS) is 12.8. The van der Waals surface area contributed by atoms with E-state index in [1.54, 1.807) is 19.1 Å². The molecule has 0 bridgehead atoms. The molecule has 0 spiro atoms. The van der Waals surface area contributed by atoms with Crippen molar-refractivity contribution in [3.05, 3.63) is 44.2 Å². The Morgan fingerprint density at radius 3 is 2.96 bits per heavy atom. The van der Waals surface area contributed by atoms with E-state index in [2.05, 4.69) is 31.8 Å². The fourth-order valence-corrected chi connectivity index (χ4v) is 4.48. The van der Waals surface area contributed by atoms with Gasteiger partial charge in [-0.25, -0.2) is 15.0 Å². The number of urea groups is 1. The molecular formula is C18H18BrN3O4S. The highest BCUT2D eigenvalue weighted by Crippen LogP contribution is 2.39. The van der Waals surface area contributed by atoms with E-state index in [9.17, 15) is 14.7 Å². The number of thiophene rings is 1. The van der Waals surface area contributed by atoms with Crippen LogP contribution in [0.4, 0.5) is 9.80 Å². The number of aromatic hydroxyl groups is 1. The molecule has 0 aliphatic heterocycles. The number of amides is 2. The molecule has 1 aromatic carbocycles. The van der Waals surface area contributed by atoms with E-state index in [1.807, 2.05) is 0 Å². The van der Waals surface area contributed by atoms with Crippen LogP contribution in [-0.2, 0) is 17.6 Å². The smallest absolute Gasteiger partial charge is 0.341 e. The van der Waals surface area contributed by atoms with Gasteiger partial charge in [0.15, 0.2) is 0 Å². The largest absolute Gasteiger partial charge is 0.507 e. The number of rotatable bonds is 5. The number of fused-ring (bicyclic) bond motifs is 1. The van der Waals surface area contributed by atoms with Crippen molar-refractivity contribution < 1.29 is 19.4 Å². The molecule has 2 aromatic rings. The van der Waals surface area contributed by atoms with Gasteiger partial charge in [0.25, 0.3) is 0 Å². The Morgan fingerprint density at radius 2 is 2.22 bits per heavy atom. The number of nitrogens with zero attached hydrogens (tertiary/aromatic N) is 1. The Morgan fingerprint density at radius 1 is 1.41 bits per heavy atom. The quantitative estimate of drug-likeness (QED) is 0.362. The number of hydrogen-bond donors (Lipinski definition) is 3. The first-order valence-electron chi connectivity index (χ1n) is 8.39. The van der Waals surface area contributed by atoms with Crippen LogP contribution in [0.25, 0.3) is 0 Å². The lowest BCUT2D eigenvalue weighted by Gasteiger charge is -2.07. The van der Waals surface area contributed by atoms with Gasteiger partial charge in [0, 0.05) is 4.88 Å². The fraction of sp³-hybridized carbons (Fsp3) is 0.278. The van der Waals surface area contributed by atoms with Crippen molar-refractivity contribution in [1.82, 2.24) is 5.43 Å². The summed E-state index contributed by atoms with van der Waals surface area (Å²) in [6, 6.07) is 4.30. The van der Waals surface area contributed by atoms with Crippen LogP contribution in [0.15, 0.2) is 27.8 Å². The van der Waals surface area contributed by atoms with Gasteiger partial charge in [-0.15, -0.1) is 11.3 Å². The second-order valence-corrected chi connectivity index (χ2v) is 7.78. The molecule has 0 radical (unpaired) electrons. The highest BCUT2D eigenvalue weighted by atomic mass is 79.9. The Balaban J connectivity index is 1.68. The molecule has 1 aromatic heterocycles. The number of phenols is 1. The van der Waals surface area contributed by atoms with Gasteiger partial charge in [0.1, 0.15) is 10.8 Å². The Bertz CT molecular complexity index is 910. The molecular weight excluding hydrogens is 434 g/mol. The van der Waals surface area contributed by atoms with E-state index in [0.29, 0.717) is 20.6 Å². The second kappa shape index (κ2) is 8.53. The first kappa shape index (κ1) is 19.4. The molecule has 142 valence electrons. The van der Waals surface area contributed by atoms with Gasteiger partial charge < -0.3 is 9.84 Å². The average Bonchev–Trinajstić information content (AvgIpc) is 3.18. The molecule has 0 unspecified atom stereocenters. The minimum absolute atomic E-state index is 0.120. The van der Waals surface area contributed by atoms with Gasteiger partial charge in [-0.1, -0.05) is 0 Å². The van der Waals surface area contributed by atoms with Gasteiger partial charge in [0.05, 0.1) is 22.9 Å². The van der Waals surface area contributed by atoms with Crippen molar-refractivity contribution >= 4 is 50.5 Å². The maximum absolute atomic E-state index is 12.3. The number of carbonyl (C=O) groups excluding carboxylic acids is 2. The third-order valence-corrected chi connectivity index (χ3v) is 5.82. The van der Waals surface area contributed by atoms with E-state index < -0.39 is 12.0 Å².